The summed E-state index contributed by atoms with van der Waals surface area (Å²) >= 11 is 0. The molecule has 2 heterocycles. The van der Waals surface area contributed by atoms with Crippen LogP contribution in [0.4, 0.5) is 0 Å². The number of rotatable bonds is 5. The molecule has 0 spiro atoms. The lowest BCUT2D eigenvalue weighted by Crippen LogP contribution is -2.46. The molecule has 1 saturated heterocycles. The van der Waals surface area contributed by atoms with Gasteiger partial charge in [0.2, 0.25) is 5.91 Å². The zero-order chi connectivity index (χ0) is 15.2. The van der Waals surface area contributed by atoms with Gasteiger partial charge in [-0.3, -0.25) is 14.2 Å². The van der Waals surface area contributed by atoms with E-state index in [-0.39, 0.29) is 18.5 Å². The molecule has 0 bridgehead atoms. The van der Waals surface area contributed by atoms with Crippen LogP contribution in [0.1, 0.15) is 26.2 Å². The fourth-order valence-electron chi connectivity index (χ4n) is 2.37. The maximum absolute atomic E-state index is 12.1. The first kappa shape index (κ1) is 15.5. The molecule has 7 nitrogen and oxygen atoms in total. The van der Waals surface area contributed by atoms with Gasteiger partial charge >= 0.3 is 5.69 Å². The monoisotopic (exact) mass is 295 g/mol. The van der Waals surface area contributed by atoms with Crippen molar-refractivity contribution in [2.45, 2.75) is 45.3 Å². The van der Waals surface area contributed by atoms with Gasteiger partial charge < -0.3 is 14.6 Å². The van der Waals surface area contributed by atoms with Crippen molar-refractivity contribution in [2.24, 2.45) is 0 Å². The van der Waals surface area contributed by atoms with Crippen molar-refractivity contribution in [1.82, 2.24) is 14.5 Å². The molecule has 0 aromatic carbocycles. The molecule has 21 heavy (non-hydrogen) atoms. The predicted octanol–water partition coefficient (Wildman–Crippen LogP) is -0.285. The molecule has 0 atom stereocenters. The highest BCUT2D eigenvalue weighted by atomic mass is 16.5. The molecular weight excluding hydrogens is 274 g/mol. The zero-order valence-corrected chi connectivity index (χ0v) is 12.2. The Hall–Kier alpha value is -1.89. The molecular formula is C14H21N3O4. The van der Waals surface area contributed by atoms with Crippen LogP contribution in [0.5, 0.6) is 0 Å². The van der Waals surface area contributed by atoms with Crippen LogP contribution in [0.15, 0.2) is 21.9 Å². The highest BCUT2D eigenvalue weighted by Crippen LogP contribution is 2.05. The van der Waals surface area contributed by atoms with E-state index >= 15 is 0 Å². The van der Waals surface area contributed by atoms with Crippen molar-refractivity contribution >= 4 is 5.91 Å². The Balaban J connectivity index is 2.07. The van der Waals surface area contributed by atoms with E-state index in [4.69, 9.17) is 4.74 Å². The Morgan fingerprint density at radius 3 is 2.76 bits per heavy atom. The van der Waals surface area contributed by atoms with Gasteiger partial charge in [-0.05, 0) is 19.3 Å². The summed E-state index contributed by atoms with van der Waals surface area (Å²) in [4.78, 5) is 35.9. The van der Waals surface area contributed by atoms with Crippen molar-refractivity contribution in [2.75, 3.05) is 13.2 Å². The van der Waals surface area contributed by atoms with Crippen LogP contribution in [-0.2, 0) is 22.6 Å². The van der Waals surface area contributed by atoms with Crippen molar-refractivity contribution in [3.05, 3.63) is 33.1 Å². The topological polar surface area (TPSA) is 82.3 Å². The molecule has 2 rings (SSSR count). The summed E-state index contributed by atoms with van der Waals surface area (Å²) < 4.78 is 7.64. The van der Waals surface area contributed by atoms with Crippen LogP contribution in [0.2, 0.25) is 0 Å². The number of hydrogen-bond donors (Lipinski definition) is 1. The van der Waals surface area contributed by atoms with E-state index in [2.05, 4.69) is 5.32 Å². The molecule has 116 valence electrons. The minimum Gasteiger partial charge on any atom is -0.381 e. The summed E-state index contributed by atoms with van der Waals surface area (Å²) in [6.07, 6.45) is 3.78. The lowest BCUT2D eigenvalue weighted by atomic mass is 10.1. The number of nitrogens with zero attached hydrogens (tertiary/aromatic N) is 2. The number of carbonyl (C=O) groups excluding carboxylic acids is 1. The predicted molar refractivity (Wildman–Crippen MR) is 77.2 cm³/mol. The van der Waals surface area contributed by atoms with Gasteiger partial charge in [0, 0.05) is 38.1 Å². The van der Waals surface area contributed by atoms with Crippen LogP contribution in [0.3, 0.4) is 0 Å². The third-order valence-electron chi connectivity index (χ3n) is 3.49. The van der Waals surface area contributed by atoms with Crippen LogP contribution in [0.25, 0.3) is 0 Å². The first-order valence-electron chi connectivity index (χ1n) is 7.29. The molecule has 7 heteroatoms. The van der Waals surface area contributed by atoms with E-state index < -0.39 is 11.2 Å². The normalized spacial score (nSPS) is 15.9. The van der Waals surface area contributed by atoms with Crippen molar-refractivity contribution in [3.8, 4) is 0 Å². The molecule has 1 aliphatic heterocycles. The van der Waals surface area contributed by atoms with E-state index in [0.29, 0.717) is 19.8 Å². The lowest BCUT2D eigenvalue weighted by molar-refractivity contribution is -0.123. The quantitative estimate of drug-likeness (QED) is 0.809. The van der Waals surface area contributed by atoms with E-state index in [1.54, 1.807) is 0 Å². The summed E-state index contributed by atoms with van der Waals surface area (Å²) in [7, 11) is 0. The molecule has 1 N–H and O–H groups in total. The molecule has 1 fully saturated rings. The summed E-state index contributed by atoms with van der Waals surface area (Å²) in [5, 5.41) is 2.85. The summed E-state index contributed by atoms with van der Waals surface area (Å²) in [6.45, 7) is 3.49. The number of nitrogens with one attached hydrogen (secondary N) is 1. The average Bonchev–Trinajstić information content (AvgIpc) is 2.48. The number of ether oxygens (including phenoxy) is 1. The van der Waals surface area contributed by atoms with Gasteiger partial charge in [0.25, 0.3) is 5.56 Å². The van der Waals surface area contributed by atoms with E-state index in [0.717, 1.165) is 23.8 Å². The lowest BCUT2D eigenvalue weighted by Gasteiger charge is -2.23. The van der Waals surface area contributed by atoms with Crippen molar-refractivity contribution < 1.29 is 9.53 Å². The summed E-state index contributed by atoms with van der Waals surface area (Å²) in [6, 6.07) is 1.38. The second-order valence-electron chi connectivity index (χ2n) is 5.17. The molecule has 0 saturated carbocycles. The molecule has 1 aromatic heterocycles. The fourth-order valence-corrected chi connectivity index (χ4v) is 2.37. The highest BCUT2D eigenvalue weighted by Gasteiger charge is 2.17. The summed E-state index contributed by atoms with van der Waals surface area (Å²) in [5.74, 6) is -0.310. The summed E-state index contributed by atoms with van der Waals surface area (Å²) in [5.41, 5.74) is -0.888. The minimum absolute atomic E-state index is 0.0588. The van der Waals surface area contributed by atoms with Crippen LogP contribution in [0, 0.1) is 0 Å². The molecule has 1 aromatic rings. The number of aryl methyl sites for hydroxylation is 1. The highest BCUT2D eigenvalue weighted by molar-refractivity contribution is 5.76. The zero-order valence-electron chi connectivity index (χ0n) is 12.2. The Labute approximate surface area is 122 Å². The Bertz CT molecular complexity index is 599. The second kappa shape index (κ2) is 7.21. The molecule has 0 radical (unpaired) electrons. The molecule has 1 amide bonds. The standard InChI is InChI=1S/C14H21N3O4/c1-2-6-16-7-3-13(19)17(14(16)20)10-12(18)15-11-4-8-21-9-5-11/h3,7,11H,2,4-6,8-10H2,1H3,(H,15,18). The minimum atomic E-state index is -0.450. The van der Waals surface area contributed by atoms with Gasteiger partial charge in [-0.2, -0.15) is 0 Å². The van der Waals surface area contributed by atoms with Crippen LogP contribution < -0.4 is 16.6 Å². The van der Waals surface area contributed by atoms with Gasteiger partial charge in [-0.15, -0.1) is 0 Å². The fraction of sp³-hybridized carbons (Fsp3) is 0.643. The van der Waals surface area contributed by atoms with E-state index in [1.165, 1.54) is 16.8 Å². The van der Waals surface area contributed by atoms with E-state index in [1.807, 2.05) is 6.92 Å². The third kappa shape index (κ3) is 4.04. The smallest absolute Gasteiger partial charge is 0.331 e. The Morgan fingerprint density at radius 1 is 1.38 bits per heavy atom. The number of amides is 1. The van der Waals surface area contributed by atoms with E-state index in [9.17, 15) is 14.4 Å². The van der Waals surface area contributed by atoms with Gasteiger partial charge in [-0.25, -0.2) is 4.79 Å². The number of carbonyl (C=O) groups is 1. The van der Waals surface area contributed by atoms with Crippen molar-refractivity contribution in [3.63, 3.8) is 0 Å². The van der Waals surface area contributed by atoms with Crippen LogP contribution >= 0.6 is 0 Å². The SMILES string of the molecule is CCCn1ccc(=O)n(CC(=O)NC2CCOCC2)c1=O. The van der Waals surface area contributed by atoms with Gasteiger partial charge in [0.1, 0.15) is 6.54 Å². The second-order valence-corrected chi connectivity index (χ2v) is 5.17. The van der Waals surface area contributed by atoms with Gasteiger partial charge in [-0.1, -0.05) is 6.92 Å². The molecule has 0 aliphatic carbocycles. The average molecular weight is 295 g/mol. The first-order valence-corrected chi connectivity index (χ1v) is 7.29. The Kier molecular flexibility index (Phi) is 5.32. The Morgan fingerprint density at radius 2 is 2.10 bits per heavy atom. The molecule has 0 unspecified atom stereocenters. The van der Waals surface area contributed by atoms with Crippen LogP contribution in [-0.4, -0.2) is 34.3 Å². The first-order chi connectivity index (χ1) is 10.1. The number of hydrogen-bond acceptors (Lipinski definition) is 4. The van der Waals surface area contributed by atoms with Crippen molar-refractivity contribution in [1.29, 1.82) is 0 Å². The molecule has 1 aliphatic rings. The maximum Gasteiger partial charge on any atom is 0.331 e. The largest absolute Gasteiger partial charge is 0.381 e. The third-order valence-corrected chi connectivity index (χ3v) is 3.49. The maximum atomic E-state index is 12.1. The number of aromatic nitrogens is 2. The van der Waals surface area contributed by atoms with Gasteiger partial charge in [0.05, 0.1) is 0 Å². The van der Waals surface area contributed by atoms with Gasteiger partial charge in [0.15, 0.2) is 0 Å².